The van der Waals surface area contributed by atoms with Crippen molar-refractivity contribution in [2.24, 2.45) is 0 Å². The number of hydrogen-bond donors (Lipinski definition) is 1. The van der Waals surface area contributed by atoms with Crippen molar-refractivity contribution >= 4 is 17.7 Å². The molecule has 0 bridgehead atoms. The van der Waals surface area contributed by atoms with E-state index in [1.54, 1.807) is 30.3 Å². The van der Waals surface area contributed by atoms with Crippen molar-refractivity contribution in [2.75, 3.05) is 12.3 Å². The second-order valence-electron chi connectivity index (χ2n) is 5.76. The number of halogens is 3. The van der Waals surface area contributed by atoms with Gasteiger partial charge in [-0.3, -0.25) is 4.79 Å². The van der Waals surface area contributed by atoms with E-state index in [4.69, 9.17) is 0 Å². The van der Waals surface area contributed by atoms with Crippen LogP contribution in [0.2, 0.25) is 0 Å². The number of thioether (sulfide) groups is 1. The highest BCUT2D eigenvalue weighted by atomic mass is 32.2. The average Bonchev–Trinajstić information content (AvgIpc) is 2.96. The molecular formula is C18H16F3NO2S. The molecule has 3 nitrogen and oxygen atoms in total. The third-order valence-electron chi connectivity index (χ3n) is 4.02. The molecule has 2 aromatic rings. The van der Waals surface area contributed by atoms with Crippen molar-refractivity contribution in [2.45, 2.75) is 17.7 Å². The number of benzene rings is 2. The fourth-order valence-corrected chi connectivity index (χ4v) is 3.95. The monoisotopic (exact) mass is 367 g/mol. The smallest absolute Gasteiger partial charge is 0.387 e. The maximum Gasteiger partial charge on any atom is 0.416 e. The average molecular weight is 367 g/mol. The summed E-state index contributed by atoms with van der Waals surface area (Å²) in [4.78, 5) is 13.6. The van der Waals surface area contributed by atoms with Crippen LogP contribution in [-0.4, -0.2) is 28.2 Å². The first kappa shape index (κ1) is 17.8. The molecule has 3 rings (SSSR count). The highest BCUT2D eigenvalue weighted by molar-refractivity contribution is 8.00. The van der Waals surface area contributed by atoms with Gasteiger partial charge < -0.3 is 10.0 Å². The number of amides is 1. The van der Waals surface area contributed by atoms with E-state index in [0.717, 1.165) is 12.1 Å². The molecule has 1 saturated heterocycles. The van der Waals surface area contributed by atoms with Gasteiger partial charge in [0.15, 0.2) is 0 Å². The fourth-order valence-electron chi connectivity index (χ4n) is 2.76. The van der Waals surface area contributed by atoms with Gasteiger partial charge in [0.05, 0.1) is 24.0 Å². The van der Waals surface area contributed by atoms with Crippen LogP contribution in [-0.2, 0) is 11.0 Å². The molecule has 0 unspecified atom stereocenters. The predicted molar refractivity (Wildman–Crippen MR) is 89.8 cm³/mol. The van der Waals surface area contributed by atoms with Crippen LogP contribution in [0, 0.1) is 0 Å². The Morgan fingerprint density at radius 1 is 1.16 bits per heavy atom. The minimum Gasteiger partial charge on any atom is -0.387 e. The van der Waals surface area contributed by atoms with Gasteiger partial charge in [0.2, 0.25) is 5.91 Å². The van der Waals surface area contributed by atoms with E-state index >= 15 is 0 Å². The van der Waals surface area contributed by atoms with E-state index in [1.807, 2.05) is 6.07 Å². The van der Waals surface area contributed by atoms with Crippen molar-refractivity contribution < 1.29 is 23.1 Å². The SMILES string of the molecule is O=C1CS[C@@H](c2cccc(C(F)(F)F)c2)N1C[C@@H](O)c1ccccc1. The van der Waals surface area contributed by atoms with Crippen LogP contribution < -0.4 is 0 Å². The number of aliphatic hydroxyl groups excluding tert-OH is 1. The van der Waals surface area contributed by atoms with E-state index in [-0.39, 0.29) is 18.2 Å². The molecule has 1 fully saturated rings. The number of alkyl halides is 3. The Bertz CT molecular complexity index is 751. The molecule has 0 radical (unpaired) electrons. The van der Waals surface area contributed by atoms with Crippen LogP contribution in [0.5, 0.6) is 0 Å². The predicted octanol–water partition coefficient (Wildman–Crippen LogP) is 4.01. The summed E-state index contributed by atoms with van der Waals surface area (Å²) < 4.78 is 38.8. The molecule has 0 spiro atoms. The van der Waals surface area contributed by atoms with Gasteiger partial charge >= 0.3 is 6.18 Å². The van der Waals surface area contributed by atoms with Gasteiger partial charge in [-0.05, 0) is 23.3 Å². The lowest BCUT2D eigenvalue weighted by Crippen LogP contribution is -2.32. The third-order valence-corrected chi connectivity index (χ3v) is 5.28. The molecule has 1 N–H and O–H groups in total. The Kier molecular flexibility index (Phi) is 5.06. The number of hydrogen-bond acceptors (Lipinski definition) is 3. The lowest BCUT2D eigenvalue weighted by molar-refractivity contribution is -0.137. The second kappa shape index (κ2) is 7.09. The molecule has 25 heavy (non-hydrogen) atoms. The molecule has 7 heteroatoms. The first-order chi connectivity index (χ1) is 11.9. The normalized spacial score (nSPS) is 19.3. The van der Waals surface area contributed by atoms with Crippen LogP contribution in [0.4, 0.5) is 13.2 Å². The molecule has 1 amide bonds. The number of nitrogens with zero attached hydrogens (tertiary/aromatic N) is 1. The lowest BCUT2D eigenvalue weighted by atomic mass is 10.1. The van der Waals surface area contributed by atoms with Crippen molar-refractivity contribution in [1.82, 2.24) is 4.90 Å². The van der Waals surface area contributed by atoms with Crippen LogP contribution in [0.3, 0.4) is 0 Å². The molecular weight excluding hydrogens is 351 g/mol. The molecule has 1 aliphatic heterocycles. The molecule has 2 aromatic carbocycles. The van der Waals surface area contributed by atoms with Crippen molar-refractivity contribution in [1.29, 1.82) is 0 Å². The number of β-amino-alcohol motifs (C(OH)–C–C–N with tert-alkyl or cyclic N) is 1. The van der Waals surface area contributed by atoms with Gasteiger partial charge in [-0.2, -0.15) is 13.2 Å². The van der Waals surface area contributed by atoms with Gasteiger partial charge in [0, 0.05) is 0 Å². The van der Waals surface area contributed by atoms with Crippen LogP contribution in [0.25, 0.3) is 0 Å². The Hall–Kier alpha value is -1.99. The summed E-state index contributed by atoms with van der Waals surface area (Å²) in [5.74, 6) is -0.00927. The molecule has 2 atom stereocenters. The standard InChI is InChI=1S/C18H16F3NO2S/c19-18(20,21)14-8-4-7-13(9-14)17-22(16(24)11-25-17)10-15(23)12-5-2-1-3-6-12/h1-9,15,17,23H,10-11H2/t15-,17+/m1/s1. The largest absolute Gasteiger partial charge is 0.416 e. The minimum absolute atomic E-state index is 0.0385. The Morgan fingerprint density at radius 3 is 2.56 bits per heavy atom. The fraction of sp³-hybridized carbons (Fsp3) is 0.278. The number of carbonyl (C=O) groups is 1. The maximum atomic E-state index is 12.9. The van der Waals surface area contributed by atoms with Gasteiger partial charge in [0.1, 0.15) is 5.37 Å². The van der Waals surface area contributed by atoms with Crippen LogP contribution >= 0.6 is 11.8 Å². The van der Waals surface area contributed by atoms with Gasteiger partial charge in [-0.1, -0.05) is 42.5 Å². The molecule has 0 aliphatic carbocycles. The number of aliphatic hydroxyl groups is 1. The maximum absolute atomic E-state index is 12.9. The molecule has 1 aliphatic rings. The van der Waals surface area contributed by atoms with E-state index in [0.29, 0.717) is 11.1 Å². The van der Waals surface area contributed by atoms with Crippen molar-refractivity contribution in [3.8, 4) is 0 Å². The summed E-state index contributed by atoms with van der Waals surface area (Å²) >= 11 is 1.27. The topological polar surface area (TPSA) is 40.5 Å². The molecule has 0 saturated carbocycles. The van der Waals surface area contributed by atoms with Gasteiger partial charge in [0.25, 0.3) is 0 Å². The van der Waals surface area contributed by atoms with Crippen LogP contribution in [0.15, 0.2) is 54.6 Å². The second-order valence-corrected chi connectivity index (χ2v) is 6.83. The zero-order valence-electron chi connectivity index (χ0n) is 13.1. The highest BCUT2D eigenvalue weighted by Crippen LogP contribution is 2.41. The third kappa shape index (κ3) is 3.99. The van der Waals surface area contributed by atoms with E-state index < -0.39 is 23.2 Å². The first-order valence-electron chi connectivity index (χ1n) is 7.67. The summed E-state index contributed by atoms with van der Waals surface area (Å²) in [6, 6.07) is 13.9. The first-order valence-corrected chi connectivity index (χ1v) is 8.72. The van der Waals surface area contributed by atoms with E-state index in [9.17, 15) is 23.1 Å². The van der Waals surface area contributed by atoms with Gasteiger partial charge in [-0.25, -0.2) is 0 Å². The lowest BCUT2D eigenvalue weighted by Gasteiger charge is -2.27. The van der Waals surface area contributed by atoms with E-state index in [1.165, 1.54) is 22.7 Å². The molecule has 0 aromatic heterocycles. The van der Waals surface area contributed by atoms with Crippen molar-refractivity contribution in [3.05, 3.63) is 71.3 Å². The van der Waals surface area contributed by atoms with Crippen molar-refractivity contribution in [3.63, 3.8) is 0 Å². The summed E-state index contributed by atoms with van der Waals surface area (Å²) in [5, 5.41) is 9.83. The summed E-state index contributed by atoms with van der Waals surface area (Å²) in [6.45, 7) is 0.0385. The minimum atomic E-state index is -4.43. The summed E-state index contributed by atoms with van der Waals surface area (Å²) in [6.07, 6.45) is -5.32. The van der Waals surface area contributed by atoms with Gasteiger partial charge in [-0.15, -0.1) is 11.8 Å². The quantitative estimate of drug-likeness (QED) is 0.888. The number of rotatable bonds is 4. The number of carbonyl (C=O) groups excluding carboxylic acids is 1. The Labute approximate surface area is 147 Å². The zero-order valence-corrected chi connectivity index (χ0v) is 13.9. The van der Waals surface area contributed by atoms with Crippen LogP contribution in [0.1, 0.15) is 28.2 Å². The Morgan fingerprint density at radius 2 is 1.88 bits per heavy atom. The Balaban J connectivity index is 1.83. The molecule has 132 valence electrons. The summed E-state index contributed by atoms with van der Waals surface area (Å²) in [7, 11) is 0. The zero-order chi connectivity index (χ0) is 18.0. The summed E-state index contributed by atoms with van der Waals surface area (Å²) in [5.41, 5.74) is 0.328. The van der Waals surface area contributed by atoms with E-state index in [2.05, 4.69) is 0 Å². The molecule has 1 heterocycles. The highest BCUT2D eigenvalue weighted by Gasteiger charge is 2.36.